The summed E-state index contributed by atoms with van der Waals surface area (Å²) in [5.74, 6) is -1.72. The molecule has 1 fully saturated rings. The molecule has 0 radical (unpaired) electrons. The summed E-state index contributed by atoms with van der Waals surface area (Å²) in [4.78, 5) is 16.3. The van der Waals surface area contributed by atoms with Gasteiger partial charge in [-0.15, -0.1) is 0 Å². The summed E-state index contributed by atoms with van der Waals surface area (Å²) in [5.41, 5.74) is 7.19. The van der Waals surface area contributed by atoms with Crippen LogP contribution in [0.15, 0.2) is 42.6 Å². The van der Waals surface area contributed by atoms with Crippen molar-refractivity contribution >= 4 is 11.6 Å². The van der Waals surface area contributed by atoms with Crippen LogP contribution in [0.2, 0.25) is 0 Å². The largest absolute Gasteiger partial charge is 0.490 e. The lowest BCUT2D eigenvalue weighted by Crippen LogP contribution is -2.33. The maximum absolute atomic E-state index is 13.2. The number of aromatic nitrogens is 2. The average molecular weight is 343 g/mol. The van der Waals surface area contributed by atoms with E-state index in [2.05, 4.69) is 4.98 Å². The van der Waals surface area contributed by atoms with Crippen LogP contribution in [0.25, 0.3) is 5.65 Å². The number of carbonyl (C=O) groups is 1. The number of carbonyl (C=O) groups excluding carboxylic acids is 1. The second-order valence-corrected chi connectivity index (χ2v) is 6.15. The Balaban J connectivity index is 1.53. The molecule has 0 aliphatic heterocycles. The predicted octanol–water partition coefficient (Wildman–Crippen LogP) is 3.04. The molecule has 7 heteroatoms. The van der Waals surface area contributed by atoms with Crippen molar-refractivity contribution < 1.29 is 18.3 Å². The number of ether oxygens (including phenoxy) is 1. The van der Waals surface area contributed by atoms with Crippen LogP contribution in [0.1, 0.15) is 34.9 Å². The minimum atomic E-state index is -0.678. The van der Waals surface area contributed by atoms with Crippen molar-refractivity contribution in [1.29, 1.82) is 0 Å². The molecule has 2 aromatic heterocycles. The summed E-state index contributed by atoms with van der Waals surface area (Å²) < 4.78 is 33.7. The monoisotopic (exact) mass is 343 g/mol. The summed E-state index contributed by atoms with van der Waals surface area (Å²) in [5, 5.41) is 0. The third-order valence-corrected chi connectivity index (χ3v) is 4.41. The fourth-order valence-corrected chi connectivity index (χ4v) is 3.22. The lowest BCUT2D eigenvalue weighted by Gasteiger charge is -2.34. The molecule has 2 heterocycles. The van der Waals surface area contributed by atoms with Crippen LogP contribution in [0, 0.1) is 11.6 Å². The number of nitrogens with zero attached hydrogens (tertiary/aromatic N) is 2. The van der Waals surface area contributed by atoms with Crippen molar-refractivity contribution in [2.24, 2.45) is 5.73 Å². The molecule has 128 valence electrons. The first kappa shape index (κ1) is 15.6. The third-order valence-electron chi connectivity index (χ3n) is 4.41. The number of pyridine rings is 1. The van der Waals surface area contributed by atoms with Crippen LogP contribution in [0.5, 0.6) is 5.75 Å². The molecule has 4 rings (SSSR count). The van der Waals surface area contributed by atoms with E-state index < -0.39 is 17.5 Å². The quantitative estimate of drug-likeness (QED) is 0.792. The first-order valence-electron chi connectivity index (χ1n) is 7.91. The average Bonchev–Trinajstić information content (AvgIpc) is 2.88. The molecule has 1 aliphatic carbocycles. The summed E-state index contributed by atoms with van der Waals surface area (Å²) in [7, 11) is 0. The summed E-state index contributed by atoms with van der Waals surface area (Å²) in [6.45, 7) is 0. The van der Waals surface area contributed by atoms with Gasteiger partial charge in [-0.25, -0.2) is 13.8 Å². The van der Waals surface area contributed by atoms with Crippen molar-refractivity contribution in [3.05, 3.63) is 65.6 Å². The molecule has 25 heavy (non-hydrogen) atoms. The second-order valence-electron chi connectivity index (χ2n) is 6.15. The van der Waals surface area contributed by atoms with E-state index in [-0.39, 0.29) is 17.8 Å². The fraction of sp³-hybridized carbons (Fsp3) is 0.222. The molecule has 0 bridgehead atoms. The zero-order chi connectivity index (χ0) is 17.6. The maximum atomic E-state index is 13.2. The Hall–Kier alpha value is -2.96. The SMILES string of the molecule is NC(=O)c1c(C2CC(Oc3cc(F)cc(F)c3)C2)nc2ccccn12. The van der Waals surface area contributed by atoms with Crippen LogP contribution in [-0.4, -0.2) is 21.4 Å². The van der Waals surface area contributed by atoms with Crippen molar-refractivity contribution in [2.75, 3.05) is 0 Å². The van der Waals surface area contributed by atoms with Gasteiger partial charge < -0.3 is 10.5 Å². The Bertz CT molecular complexity index is 944. The summed E-state index contributed by atoms with van der Waals surface area (Å²) in [6.07, 6.45) is 2.76. The van der Waals surface area contributed by atoms with Crippen molar-refractivity contribution in [2.45, 2.75) is 24.9 Å². The highest BCUT2D eigenvalue weighted by Gasteiger charge is 2.37. The molecule has 1 amide bonds. The molecular formula is C18H15F2N3O2. The Kier molecular flexibility index (Phi) is 3.63. The Morgan fingerprint density at radius 3 is 2.60 bits per heavy atom. The first-order chi connectivity index (χ1) is 12.0. The number of fused-ring (bicyclic) bond motifs is 1. The number of rotatable bonds is 4. The molecule has 1 aliphatic rings. The lowest BCUT2D eigenvalue weighted by molar-refractivity contribution is 0.0925. The zero-order valence-electron chi connectivity index (χ0n) is 13.2. The van der Waals surface area contributed by atoms with Gasteiger partial charge in [-0.2, -0.15) is 0 Å². The van der Waals surface area contributed by atoms with Gasteiger partial charge in [-0.3, -0.25) is 9.20 Å². The van der Waals surface area contributed by atoms with E-state index in [9.17, 15) is 13.6 Å². The van der Waals surface area contributed by atoms with Gasteiger partial charge in [0, 0.05) is 30.3 Å². The minimum absolute atomic E-state index is 0.0193. The molecule has 2 N–H and O–H groups in total. The smallest absolute Gasteiger partial charge is 0.267 e. The van der Waals surface area contributed by atoms with Gasteiger partial charge in [-0.05, 0) is 25.0 Å². The lowest BCUT2D eigenvalue weighted by atomic mass is 9.79. The van der Waals surface area contributed by atoms with E-state index in [1.165, 1.54) is 0 Å². The molecule has 0 saturated heterocycles. The van der Waals surface area contributed by atoms with Gasteiger partial charge in [0.25, 0.3) is 5.91 Å². The normalized spacial score (nSPS) is 19.6. The second kappa shape index (κ2) is 5.84. The van der Waals surface area contributed by atoms with Gasteiger partial charge in [0.2, 0.25) is 0 Å². The Labute approximate surface area is 142 Å². The number of hydrogen-bond donors (Lipinski definition) is 1. The topological polar surface area (TPSA) is 69.6 Å². The van der Waals surface area contributed by atoms with Gasteiger partial charge in [0.05, 0.1) is 11.8 Å². The highest BCUT2D eigenvalue weighted by Crippen LogP contribution is 2.40. The number of nitrogens with two attached hydrogens (primary N) is 1. The number of hydrogen-bond acceptors (Lipinski definition) is 3. The standard InChI is InChI=1S/C18H15F2N3O2/c19-11-7-12(20)9-14(8-11)25-13-5-10(6-13)16-17(18(21)24)23-4-2-1-3-15(23)22-16/h1-4,7-10,13H,5-6H2,(H2,21,24). The molecule has 1 saturated carbocycles. The van der Waals surface area contributed by atoms with Gasteiger partial charge in [0.15, 0.2) is 0 Å². The van der Waals surface area contributed by atoms with Crippen LogP contribution in [0.4, 0.5) is 8.78 Å². The molecule has 3 aromatic rings. The summed E-state index contributed by atoms with van der Waals surface area (Å²) in [6, 6.07) is 8.54. The highest BCUT2D eigenvalue weighted by molar-refractivity contribution is 5.93. The van der Waals surface area contributed by atoms with E-state index >= 15 is 0 Å². The van der Waals surface area contributed by atoms with Crippen LogP contribution < -0.4 is 10.5 Å². The molecule has 0 atom stereocenters. The Morgan fingerprint density at radius 1 is 1.20 bits per heavy atom. The van der Waals surface area contributed by atoms with Gasteiger partial charge in [0.1, 0.15) is 28.7 Å². The predicted molar refractivity (Wildman–Crippen MR) is 86.5 cm³/mol. The van der Waals surface area contributed by atoms with E-state index in [1.807, 2.05) is 6.07 Å². The molecule has 1 aromatic carbocycles. The molecule has 0 spiro atoms. The molecule has 5 nitrogen and oxygen atoms in total. The molecule has 0 unspecified atom stereocenters. The fourth-order valence-electron chi connectivity index (χ4n) is 3.22. The van der Waals surface area contributed by atoms with E-state index in [1.54, 1.807) is 22.7 Å². The minimum Gasteiger partial charge on any atom is -0.490 e. The van der Waals surface area contributed by atoms with Gasteiger partial charge >= 0.3 is 0 Å². The van der Waals surface area contributed by atoms with E-state index in [0.29, 0.717) is 29.9 Å². The van der Waals surface area contributed by atoms with E-state index in [4.69, 9.17) is 10.5 Å². The number of benzene rings is 1. The number of amides is 1. The molecular weight excluding hydrogens is 328 g/mol. The maximum Gasteiger partial charge on any atom is 0.267 e. The summed E-state index contributed by atoms with van der Waals surface area (Å²) >= 11 is 0. The number of halogens is 2. The van der Waals surface area contributed by atoms with Gasteiger partial charge in [-0.1, -0.05) is 6.07 Å². The van der Waals surface area contributed by atoms with Crippen LogP contribution in [-0.2, 0) is 0 Å². The highest BCUT2D eigenvalue weighted by atomic mass is 19.1. The third kappa shape index (κ3) is 2.82. The number of primary amides is 1. The van der Waals surface area contributed by atoms with E-state index in [0.717, 1.165) is 18.2 Å². The first-order valence-corrected chi connectivity index (χ1v) is 7.91. The zero-order valence-corrected chi connectivity index (χ0v) is 13.2. The number of imidazole rings is 1. The van der Waals surface area contributed by atoms with Crippen molar-refractivity contribution in [3.8, 4) is 5.75 Å². The van der Waals surface area contributed by atoms with Crippen molar-refractivity contribution in [3.63, 3.8) is 0 Å². The Morgan fingerprint density at radius 2 is 1.92 bits per heavy atom. The van der Waals surface area contributed by atoms with Crippen LogP contribution >= 0.6 is 0 Å². The van der Waals surface area contributed by atoms with Crippen molar-refractivity contribution in [1.82, 2.24) is 9.38 Å². The van der Waals surface area contributed by atoms with Crippen LogP contribution in [0.3, 0.4) is 0 Å².